The van der Waals surface area contributed by atoms with Crippen LogP contribution >= 0.6 is 0 Å². The average Bonchev–Trinajstić information content (AvgIpc) is 2.61. The Morgan fingerprint density at radius 1 is 1.64 bits per heavy atom. The first-order valence-electron chi connectivity index (χ1n) is 5.09. The lowest BCUT2D eigenvalue weighted by Gasteiger charge is -2.24. The van der Waals surface area contributed by atoms with Crippen molar-refractivity contribution in [3.05, 3.63) is 17.5 Å². The average molecular weight is 196 g/mol. The van der Waals surface area contributed by atoms with Crippen molar-refractivity contribution in [2.75, 3.05) is 6.61 Å². The molecule has 0 aromatic carbocycles. The molecular weight excluding hydrogens is 180 g/mol. The van der Waals surface area contributed by atoms with Crippen LogP contribution in [-0.4, -0.2) is 21.5 Å². The largest absolute Gasteiger partial charge is 0.390 e. The first-order chi connectivity index (χ1) is 6.81. The molecule has 2 rings (SSSR count). The molecule has 1 N–H and O–H groups in total. The Labute approximate surface area is 83.5 Å². The summed E-state index contributed by atoms with van der Waals surface area (Å²) >= 11 is 0. The van der Waals surface area contributed by atoms with Crippen LogP contribution < -0.4 is 0 Å². The molecule has 0 saturated carbocycles. The molecule has 4 nitrogen and oxygen atoms in total. The zero-order valence-corrected chi connectivity index (χ0v) is 8.44. The maximum absolute atomic E-state index is 9.15. The van der Waals surface area contributed by atoms with Crippen molar-refractivity contribution in [2.45, 2.75) is 39.0 Å². The van der Waals surface area contributed by atoms with Gasteiger partial charge in [-0.05, 0) is 32.3 Å². The molecule has 4 heteroatoms. The van der Waals surface area contributed by atoms with Gasteiger partial charge in [-0.15, -0.1) is 0 Å². The van der Waals surface area contributed by atoms with Crippen molar-refractivity contribution in [1.29, 1.82) is 0 Å². The fourth-order valence-electron chi connectivity index (χ4n) is 1.85. The lowest BCUT2D eigenvalue weighted by molar-refractivity contribution is -0.0427. The summed E-state index contributed by atoms with van der Waals surface area (Å²) in [5.74, 6) is 0. The van der Waals surface area contributed by atoms with E-state index in [2.05, 4.69) is 5.10 Å². The van der Waals surface area contributed by atoms with Gasteiger partial charge >= 0.3 is 0 Å². The standard InChI is InChI=1S/C10H16N2O2/c1-8-6-9(7-13)12(11-8)10-4-2-3-5-14-10/h6,10,13H,2-5,7H2,1H3. The highest BCUT2D eigenvalue weighted by Gasteiger charge is 2.19. The molecule has 1 saturated heterocycles. The van der Waals surface area contributed by atoms with Crippen LogP contribution in [0.3, 0.4) is 0 Å². The molecule has 0 radical (unpaired) electrons. The number of rotatable bonds is 2. The van der Waals surface area contributed by atoms with Crippen LogP contribution in [-0.2, 0) is 11.3 Å². The van der Waals surface area contributed by atoms with E-state index in [1.807, 2.05) is 17.7 Å². The normalized spacial score (nSPS) is 22.6. The summed E-state index contributed by atoms with van der Waals surface area (Å²) in [7, 11) is 0. The minimum absolute atomic E-state index is 0.0274. The van der Waals surface area contributed by atoms with Gasteiger partial charge in [0, 0.05) is 6.61 Å². The van der Waals surface area contributed by atoms with Gasteiger partial charge in [0.1, 0.15) is 0 Å². The maximum atomic E-state index is 9.15. The minimum Gasteiger partial charge on any atom is -0.390 e. The lowest BCUT2D eigenvalue weighted by Crippen LogP contribution is -2.21. The summed E-state index contributed by atoms with van der Waals surface area (Å²) in [5.41, 5.74) is 1.78. The van der Waals surface area contributed by atoms with E-state index >= 15 is 0 Å². The Balaban J connectivity index is 2.20. The number of aliphatic hydroxyl groups is 1. The molecule has 1 unspecified atom stereocenters. The molecule has 78 valence electrons. The predicted molar refractivity (Wildman–Crippen MR) is 51.7 cm³/mol. The Morgan fingerprint density at radius 3 is 3.14 bits per heavy atom. The summed E-state index contributed by atoms with van der Waals surface area (Å²) < 4.78 is 7.42. The van der Waals surface area contributed by atoms with Gasteiger partial charge in [-0.2, -0.15) is 5.10 Å². The molecule has 1 aromatic heterocycles. The summed E-state index contributed by atoms with van der Waals surface area (Å²) in [6.07, 6.45) is 3.33. The van der Waals surface area contributed by atoms with E-state index in [9.17, 15) is 0 Å². The second-order valence-electron chi connectivity index (χ2n) is 3.70. The number of nitrogens with zero attached hydrogens (tertiary/aromatic N) is 2. The van der Waals surface area contributed by atoms with Crippen LogP contribution in [0, 0.1) is 6.92 Å². The van der Waals surface area contributed by atoms with Gasteiger partial charge in [0.2, 0.25) is 0 Å². The quantitative estimate of drug-likeness (QED) is 0.777. The third kappa shape index (κ3) is 1.81. The Hall–Kier alpha value is -0.870. The molecule has 1 aliphatic heterocycles. The summed E-state index contributed by atoms with van der Waals surface area (Å²) in [4.78, 5) is 0. The molecule has 0 amide bonds. The van der Waals surface area contributed by atoms with Gasteiger partial charge in [-0.3, -0.25) is 0 Å². The lowest BCUT2D eigenvalue weighted by atomic mass is 10.2. The first-order valence-corrected chi connectivity index (χ1v) is 5.09. The third-order valence-corrected chi connectivity index (χ3v) is 2.53. The zero-order chi connectivity index (χ0) is 9.97. The highest BCUT2D eigenvalue weighted by molar-refractivity contribution is 5.08. The topological polar surface area (TPSA) is 47.3 Å². The van der Waals surface area contributed by atoms with Crippen molar-refractivity contribution >= 4 is 0 Å². The fourth-order valence-corrected chi connectivity index (χ4v) is 1.85. The highest BCUT2D eigenvalue weighted by Crippen LogP contribution is 2.23. The first kappa shape index (κ1) is 9.68. The number of aliphatic hydroxyl groups excluding tert-OH is 1. The number of hydrogen-bond donors (Lipinski definition) is 1. The Morgan fingerprint density at radius 2 is 2.50 bits per heavy atom. The molecule has 0 aliphatic carbocycles. The molecule has 1 atom stereocenters. The summed E-state index contributed by atoms with van der Waals surface area (Å²) in [6, 6.07) is 1.90. The smallest absolute Gasteiger partial charge is 0.150 e. The molecule has 2 heterocycles. The van der Waals surface area contributed by atoms with Crippen molar-refractivity contribution in [1.82, 2.24) is 9.78 Å². The van der Waals surface area contributed by atoms with E-state index in [1.165, 1.54) is 6.42 Å². The van der Waals surface area contributed by atoms with Crippen molar-refractivity contribution in [2.24, 2.45) is 0 Å². The van der Waals surface area contributed by atoms with Crippen molar-refractivity contribution < 1.29 is 9.84 Å². The Kier molecular flexibility index (Phi) is 2.84. The highest BCUT2D eigenvalue weighted by atomic mass is 16.5. The zero-order valence-electron chi connectivity index (χ0n) is 8.44. The maximum Gasteiger partial charge on any atom is 0.150 e. The van der Waals surface area contributed by atoms with E-state index in [0.29, 0.717) is 0 Å². The second-order valence-corrected chi connectivity index (χ2v) is 3.70. The van der Waals surface area contributed by atoms with Gasteiger partial charge in [0.25, 0.3) is 0 Å². The number of ether oxygens (including phenoxy) is 1. The number of aromatic nitrogens is 2. The van der Waals surface area contributed by atoms with Crippen LogP contribution in [0.5, 0.6) is 0 Å². The Bertz CT molecular complexity index is 303. The van der Waals surface area contributed by atoms with Gasteiger partial charge in [-0.1, -0.05) is 0 Å². The minimum atomic E-state index is 0.0274. The number of aryl methyl sites for hydroxylation is 1. The molecular formula is C10H16N2O2. The molecule has 1 aliphatic rings. The molecule has 1 fully saturated rings. The summed E-state index contributed by atoms with van der Waals surface area (Å²) in [6.45, 7) is 2.76. The van der Waals surface area contributed by atoms with E-state index < -0.39 is 0 Å². The van der Waals surface area contributed by atoms with Crippen LogP contribution in [0.25, 0.3) is 0 Å². The molecule has 0 spiro atoms. The van der Waals surface area contributed by atoms with E-state index in [0.717, 1.165) is 30.8 Å². The molecule has 14 heavy (non-hydrogen) atoms. The van der Waals surface area contributed by atoms with E-state index in [4.69, 9.17) is 9.84 Å². The van der Waals surface area contributed by atoms with E-state index in [-0.39, 0.29) is 12.8 Å². The summed E-state index contributed by atoms with van der Waals surface area (Å²) in [5, 5.41) is 13.5. The third-order valence-electron chi connectivity index (χ3n) is 2.53. The van der Waals surface area contributed by atoms with Crippen molar-refractivity contribution in [3.63, 3.8) is 0 Å². The second kappa shape index (κ2) is 4.11. The van der Waals surface area contributed by atoms with Crippen LogP contribution in [0.4, 0.5) is 0 Å². The van der Waals surface area contributed by atoms with Gasteiger partial charge in [0.05, 0.1) is 18.0 Å². The predicted octanol–water partition coefficient (Wildman–Crippen LogP) is 1.38. The van der Waals surface area contributed by atoms with Gasteiger partial charge < -0.3 is 9.84 Å². The SMILES string of the molecule is Cc1cc(CO)n(C2CCCCO2)n1. The van der Waals surface area contributed by atoms with Crippen molar-refractivity contribution in [3.8, 4) is 0 Å². The molecule has 1 aromatic rings. The van der Waals surface area contributed by atoms with Crippen LogP contribution in [0.2, 0.25) is 0 Å². The fraction of sp³-hybridized carbons (Fsp3) is 0.700. The monoisotopic (exact) mass is 196 g/mol. The van der Waals surface area contributed by atoms with Crippen LogP contribution in [0.1, 0.15) is 36.9 Å². The van der Waals surface area contributed by atoms with Crippen LogP contribution in [0.15, 0.2) is 6.07 Å². The van der Waals surface area contributed by atoms with Gasteiger partial charge in [0.15, 0.2) is 6.23 Å². The number of hydrogen-bond acceptors (Lipinski definition) is 3. The van der Waals surface area contributed by atoms with Gasteiger partial charge in [-0.25, -0.2) is 4.68 Å². The molecule has 0 bridgehead atoms. The van der Waals surface area contributed by atoms with E-state index in [1.54, 1.807) is 0 Å².